The Morgan fingerprint density at radius 1 is 1.75 bits per heavy atom. The number of carbonyl (C=O) groups excluding carboxylic acids is 1. The molecule has 0 fully saturated rings. The lowest BCUT2D eigenvalue weighted by Gasteiger charge is -2.05. The molecule has 1 unspecified atom stereocenters. The number of hydrogen-bond acceptors (Lipinski definition) is 4. The van der Waals surface area contributed by atoms with Crippen LogP contribution in [0, 0.1) is 0 Å². The first-order valence-electron chi connectivity index (χ1n) is 2.23. The van der Waals surface area contributed by atoms with E-state index < -0.39 is 0 Å². The second kappa shape index (κ2) is 1.83. The molecule has 8 heavy (non-hydrogen) atoms. The molecule has 0 saturated heterocycles. The largest absolute Gasteiger partial charge is 0.340 e. The molecule has 1 heterocycles. The van der Waals surface area contributed by atoms with Gasteiger partial charge in [0, 0.05) is 5.22 Å². The molecule has 44 valence electrons. The highest BCUT2D eigenvalue weighted by Gasteiger charge is 2.27. The van der Waals surface area contributed by atoms with E-state index >= 15 is 0 Å². The second-order valence-electron chi connectivity index (χ2n) is 1.57. The van der Waals surface area contributed by atoms with Crippen molar-refractivity contribution in [3.8, 4) is 0 Å². The van der Waals surface area contributed by atoms with E-state index in [0.717, 1.165) is 0 Å². The van der Waals surface area contributed by atoms with Gasteiger partial charge in [-0.15, -0.1) is 5.11 Å². The maximum absolute atomic E-state index is 10.1. The molecule has 1 rings (SSSR count). The van der Waals surface area contributed by atoms with Crippen LogP contribution < -0.4 is 0 Å². The van der Waals surface area contributed by atoms with Gasteiger partial charge in [0.1, 0.15) is 13.1 Å². The Morgan fingerprint density at radius 2 is 2.50 bits per heavy atom. The summed E-state index contributed by atoms with van der Waals surface area (Å²) in [5.41, 5.74) is 0. The van der Waals surface area contributed by atoms with Crippen molar-refractivity contribution >= 4 is 19.2 Å². The van der Waals surface area contributed by atoms with Crippen LogP contribution in [0.2, 0.25) is 0 Å². The molecule has 0 bridgehead atoms. The molecule has 0 saturated carbocycles. The molecule has 0 aromatic heterocycles. The van der Waals surface area contributed by atoms with Crippen LogP contribution in [0.1, 0.15) is 0 Å². The maximum atomic E-state index is 10.1. The lowest BCUT2D eigenvalue weighted by Crippen LogP contribution is -2.28. The third kappa shape index (κ3) is 0.873. The van der Waals surface area contributed by atoms with Crippen LogP contribution in [0.4, 0.5) is 0 Å². The quantitative estimate of drug-likeness (QED) is 0.309. The Bertz CT molecular complexity index is 136. The van der Waals surface area contributed by atoms with Crippen LogP contribution >= 0.6 is 12.8 Å². The molecule has 0 radical (unpaired) electrons. The maximum Gasteiger partial charge on any atom is 0.340 e. The predicted octanol–water partition coefficient (Wildman–Crippen LogP) is 0.185. The zero-order valence-corrected chi connectivity index (χ0v) is 5.08. The topological polar surface area (TPSA) is 41.8 Å². The Morgan fingerprint density at radius 3 is 2.75 bits per heavy atom. The molecular formula is C3H6N3OS+. The standard InChI is InChI=1S/C3H6N3OS/c7-3-6(8)2-1-4-5-6/h3,8H,1-2H2/q+1. The third-order valence-electron chi connectivity index (χ3n) is 0.916. The van der Waals surface area contributed by atoms with E-state index in [2.05, 4.69) is 23.2 Å². The molecule has 0 aliphatic carbocycles. The summed E-state index contributed by atoms with van der Waals surface area (Å²) in [6.07, 6.45) is 0.652. The number of quaternary nitrogens is 1. The first-order valence-corrected chi connectivity index (χ1v) is 2.63. The van der Waals surface area contributed by atoms with Gasteiger partial charge in [0.05, 0.1) is 12.8 Å². The summed E-state index contributed by atoms with van der Waals surface area (Å²) >= 11 is 3.89. The molecule has 0 N–H and O–H groups in total. The summed E-state index contributed by atoms with van der Waals surface area (Å²) in [6.45, 7) is 1.18. The summed E-state index contributed by atoms with van der Waals surface area (Å²) in [6, 6.07) is 0. The SMILES string of the molecule is O=C[N+]1(S)CCN=N1. The van der Waals surface area contributed by atoms with Crippen molar-refractivity contribution in [1.29, 1.82) is 0 Å². The lowest BCUT2D eigenvalue weighted by atomic mass is 10.7. The monoisotopic (exact) mass is 132 g/mol. The predicted molar refractivity (Wildman–Crippen MR) is 29.9 cm³/mol. The van der Waals surface area contributed by atoms with Gasteiger partial charge in [-0.2, -0.15) is 0 Å². The number of nitrogens with zero attached hydrogens (tertiary/aromatic N) is 3. The number of rotatable bonds is 1. The summed E-state index contributed by atoms with van der Waals surface area (Å²) in [5, 5.41) is 7.14. The van der Waals surface area contributed by atoms with Crippen LogP contribution in [0.3, 0.4) is 0 Å². The molecule has 1 aliphatic heterocycles. The summed E-state index contributed by atoms with van der Waals surface area (Å²) < 4.78 is -0.208. The molecule has 5 heteroatoms. The summed E-state index contributed by atoms with van der Waals surface area (Å²) in [7, 11) is 0. The van der Waals surface area contributed by atoms with Gasteiger partial charge in [-0.3, -0.25) is 0 Å². The van der Waals surface area contributed by atoms with Crippen molar-refractivity contribution in [2.45, 2.75) is 0 Å². The van der Waals surface area contributed by atoms with Crippen molar-refractivity contribution in [3.05, 3.63) is 0 Å². The van der Waals surface area contributed by atoms with Crippen LogP contribution in [0.5, 0.6) is 0 Å². The van der Waals surface area contributed by atoms with Crippen molar-refractivity contribution in [2.75, 3.05) is 13.1 Å². The third-order valence-corrected chi connectivity index (χ3v) is 1.29. The van der Waals surface area contributed by atoms with Gasteiger partial charge in [0.15, 0.2) is 0 Å². The van der Waals surface area contributed by atoms with E-state index in [-0.39, 0.29) is 4.00 Å². The molecular weight excluding hydrogens is 126 g/mol. The van der Waals surface area contributed by atoms with Crippen LogP contribution in [-0.4, -0.2) is 23.5 Å². The average Bonchev–Trinajstić information content (AvgIpc) is 2.17. The van der Waals surface area contributed by atoms with Crippen LogP contribution in [0.15, 0.2) is 10.3 Å². The highest BCUT2D eigenvalue weighted by atomic mass is 32.1. The molecule has 4 nitrogen and oxygen atoms in total. The molecule has 0 aromatic carbocycles. The van der Waals surface area contributed by atoms with Crippen LogP contribution in [0.25, 0.3) is 0 Å². The fourth-order valence-electron chi connectivity index (χ4n) is 0.465. The normalized spacial score (nSPS) is 35.6. The zero-order chi connectivity index (χ0) is 6.04. The lowest BCUT2D eigenvalue weighted by molar-refractivity contribution is -0.702. The van der Waals surface area contributed by atoms with E-state index in [9.17, 15) is 4.79 Å². The van der Waals surface area contributed by atoms with Gasteiger partial charge >= 0.3 is 6.41 Å². The van der Waals surface area contributed by atoms with Crippen molar-refractivity contribution in [1.82, 2.24) is 0 Å². The number of thiol groups is 1. The molecule has 0 aromatic rings. The Kier molecular flexibility index (Phi) is 1.31. The van der Waals surface area contributed by atoms with Gasteiger partial charge in [0.25, 0.3) is 0 Å². The summed E-state index contributed by atoms with van der Waals surface area (Å²) in [4.78, 5) is 10.1. The highest BCUT2D eigenvalue weighted by Crippen LogP contribution is 2.13. The molecule has 0 spiro atoms. The Labute approximate surface area is 52.3 Å². The molecule has 1 aliphatic rings. The fourth-order valence-corrected chi connectivity index (χ4v) is 0.611. The van der Waals surface area contributed by atoms with E-state index in [1.807, 2.05) is 0 Å². The highest BCUT2D eigenvalue weighted by molar-refractivity contribution is 7.74. The molecule has 1 amide bonds. The zero-order valence-electron chi connectivity index (χ0n) is 4.19. The van der Waals surface area contributed by atoms with E-state index in [1.54, 1.807) is 0 Å². The summed E-state index contributed by atoms with van der Waals surface area (Å²) in [5.74, 6) is 0. The minimum atomic E-state index is -0.208. The van der Waals surface area contributed by atoms with E-state index in [4.69, 9.17) is 0 Å². The first kappa shape index (κ1) is 5.71. The van der Waals surface area contributed by atoms with Gasteiger partial charge < -0.3 is 0 Å². The van der Waals surface area contributed by atoms with Gasteiger partial charge in [-0.05, 0) is 0 Å². The second-order valence-corrected chi connectivity index (χ2v) is 2.26. The van der Waals surface area contributed by atoms with Crippen LogP contribution in [-0.2, 0) is 4.79 Å². The minimum Gasteiger partial charge on any atom is -0.230 e. The Hall–Kier alpha value is -0.420. The molecule has 1 atom stereocenters. The van der Waals surface area contributed by atoms with Crippen molar-refractivity contribution in [3.63, 3.8) is 0 Å². The van der Waals surface area contributed by atoms with Gasteiger partial charge in [0.2, 0.25) is 0 Å². The van der Waals surface area contributed by atoms with Crippen molar-refractivity contribution in [2.24, 2.45) is 10.3 Å². The first-order chi connectivity index (χ1) is 3.77. The fraction of sp³-hybridized carbons (Fsp3) is 0.667. The van der Waals surface area contributed by atoms with E-state index in [1.165, 1.54) is 0 Å². The number of carbonyl (C=O) groups is 1. The average molecular weight is 132 g/mol. The Balaban J connectivity index is 2.67. The van der Waals surface area contributed by atoms with Gasteiger partial charge in [-0.25, -0.2) is 4.79 Å². The van der Waals surface area contributed by atoms with Gasteiger partial charge in [-0.1, -0.05) is 4.00 Å². The minimum absolute atomic E-state index is 0.208. The van der Waals surface area contributed by atoms with E-state index in [0.29, 0.717) is 19.5 Å². The van der Waals surface area contributed by atoms with Crippen molar-refractivity contribution < 1.29 is 8.79 Å². The number of amides is 1. The number of hydrogen-bond donors (Lipinski definition) is 1. The smallest absolute Gasteiger partial charge is 0.230 e.